The Hall–Kier alpha value is -3.81. The summed E-state index contributed by atoms with van der Waals surface area (Å²) in [6.45, 7) is 0.999. The molecular weight excluding hydrogens is 752 g/mol. The molecule has 19 heteroatoms. The van der Waals surface area contributed by atoms with Crippen molar-refractivity contribution < 1.29 is 40.3 Å². The van der Waals surface area contributed by atoms with Crippen molar-refractivity contribution in [3.8, 4) is 5.82 Å². The number of nitrogens with one attached hydrogen (secondary N) is 2. The first-order chi connectivity index (χ1) is 21.0. The number of carbonyl (C=O) groups is 2. The number of hydrogen-bond acceptors (Lipinski definition) is 6. The average molecular weight is 771 g/mol. The summed E-state index contributed by atoms with van der Waals surface area (Å²) in [5.74, 6) is -1.27. The third-order valence-corrected chi connectivity index (χ3v) is 7.52. The van der Waals surface area contributed by atoms with Gasteiger partial charge in [-0.25, -0.2) is 14.1 Å². The molecular formula is C26H19ClF7IN8O2. The number of carbonyl (C=O) groups excluding carboxylic acids is 2. The lowest BCUT2D eigenvalue weighted by atomic mass is 10.0. The quantitative estimate of drug-likeness (QED) is 0.170. The highest BCUT2D eigenvalue weighted by Crippen LogP contribution is 2.52. The first-order valence-electron chi connectivity index (χ1n) is 12.8. The van der Waals surface area contributed by atoms with E-state index in [1.807, 2.05) is 22.6 Å². The molecule has 1 aromatic carbocycles. The van der Waals surface area contributed by atoms with Crippen molar-refractivity contribution in [1.29, 1.82) is 0 Å². The number of pyridine rings is 1. The third kappa shape index (κ3) is 6.47. The van der Waals surface area contributed by atoms with Crippen LogP contribution in [0, 0.1) is 10.5 Å². The molecule has 4 aromatic rings. The lowest BCUT2D eigenvalue weighted by molar-refractivity contribution is -0.350. The van der Waals surface area contributed by atoms with E-state index >= 15 is 0 Å². The Morgan fingerprint density at radius 2 is 1.73 bits per heavy atom. The number of alkyl halides is 7. The summed E-state index contributed by atoms with van der Waals surface area (Å²) in [4.78, 5) is 31.1. The molecule has 238 valence electrons. The minimum atomic E-state index is -6.38. The molecule has 0 aliphatic heterocycles. The molecule has 1 saturated carbocycles. The van der Waals surface area contributed by atoms with Crippen LogP contribution < -0.4 is 10.6 Å². The number of benzene rings is 1. The van der Waals surface area contributed by atoms with Gasteiger partial charge < -0.3 is 10.6 Å². The summed E-state index contributed by atoms with van der Waals surface area (Å²) in [6.07, 6.45) is -9.75. The van der Waals surface area contributed by atoms with Gasteiger partial charge in [0.15, 0.2) is 5.82 Å². The Morgan fingerprint density at radius 3 is 2.36 bits per heavy atom. The molecule has 0 atom stereocenters. The molecule has 1 aliphatic carbocycles. The molecule has 0 unspecified atom stereocenters. The van der Waals surface area contributed by atoms with Crippen LogP contribution in [0.25, 0.3) is 5.82 Å². The van der Waals surface area contributed by atoms with Crippen molar-refractivity contribution in [3.05, 3.63) is 79.5 Å². The number of aromatic nitrogens is 6. The van der Waals surface area contributed by atoms with Crippen LogP contribution in [0.15, 0.2) is 42.7 Å². The average Bonchev–Trinajstić information content (AvgIpc) is 3.46. The van der Waals surface area contributed by atoms with Crippen LogP contribution in [-0.2, 0) is 12.2 Å². The standard InChI is InChI=1S/C26H19ClF7IN8O2/c1-12-7-13(35)8-16(22(44)38-14-4-5-14)20(12)39-23(45)18-9-15(40-43(18)21-17(27)3-2-6-36-21)11-42-37-10-19(41-42)24(28,25(29,30)31)26(32,33)34/h2-3,6-10,14H,4-5,11H2,1H3,(H,38,44)(H,39,45). The number of hydrogen-bond donors (Lipinski definition) is 2. The highest BCUT2D eigenvalue weighted by atomic mass is 127. The van der Waals surface area contributed by atoms with Gasteiger partial charge in [-0.05, 0) is 78.3 Å². The van der Waals surface area contributed by atoms with E-state index in [0.29, 0.717) is 10.4 Å². The zero-order valence-corrected chi connectivity index (χ0v) is 25.6. The Labute approximate surface area is 267 Å². The van der Waals surface area contributed by atoms with Crippen LogP contribution >= 0.6 is 34.2 Å². The van der Waals surface area contributed by atoms with Crippen LogP contribution in [0.2, 0.25) is 5.02 Å². The van der Waals surface area contributed by atoms with E-state index < -0.39 is 42.1 Å². The molecule has 0 radical (unpaired) electrons. The van der Waals surface area contributed by atoms with Crippen LogP contribution in [0.1, 0.15) is 50.6 Å². The monoisotopic (exact) mass is 770 g/mol. The van der Waals surface area contributed by atoms with E-state index in [9.17, 15) is 40.3 Å². The molecule has 5 rings (SSSR count). The predicted octanol–water partition coefficient (Wildman–Crippen LogP) is 5.91. The largest absolute Gasteiger partial charge is 0.437 e. The normalized spacial score (nSPS) is 14.0. The maximum absolute atomic E-state index is 14.5. The summed E-state index contributed by atoms with van der Waals surface area (Å²) in [7, 11) is 0. The lowest BCUT2D eigenvalue weighted by Gasteiger charge is -2.27. The number of aryl methyl sites for hydroxylation is 1. The van der Waals surface area contributed by atoms with E-state index in [-0.39, 0.29) is 45.7 Å². The number of amides is 2. The fourth-order valence-corrected chi connectivity index (χ4v) is 5.23. The second kappa shape index (κ2) is 11.8. The van der Waals surface area contributed by atoms with Crippen molar-refractivity contribution in [1.82, 2.24) is 35.1 Å². The number of anilines is 1. The van der Waals surface area contributed by atoms with Crippen LogP contribution in [-0.4, -0.2) is 60.0 Å². The minimum Gasteiger partial charge on any atom is -0.349 e. The van der Waals surface area contributed by atoms with Gasteiger partial charge in [-0.3, -0.25) is 9.59 Å². The highest BCUT2D eigenvalue weighted by molar-refractivity contribution is 14.1. The molecule has 0 bridgehead atoms. The third-order valence-electron chi connectivity index (χ3n) is 6.60. The van der Waals surface area contributed by atoms with Crippen molar-refractivity contribution >= 4 is 51.7 Å². The summed E-state index contributed by atoms with van der Waals surface area (Å²) >= 11 is 8.30. The molecule has 0 saturated heterocycles. The topological polar surface area (TPSA) is 120 Å². The summed E-state index contributed by atoms with van der Waals surface area (Å²) in [5.41, 5.74) is -7.24. The van der Waals surface area contributed by atoms with Crippen molar-refractivity contribution in [2.75, 3.05) is 5.32 Å². The second-order valence-corrected chi connectivity index (χ2v) is 11.7. The molecule has 45 heavy (non-hydrogen) atoms. The van der Waals surface area contributed by atoms with Crippen molar-refractivity contribution in [3.63, 3.8) is 0 Å². The van der Waals surface area contributed by atoms with Gasteiger partial charge in [0.25, 0.3) is 11.8 Å². The van der Waals surface area contributed by atoms with E-state index in [0.717, 1.165) is 27.2 Å². The molecule has 3 aromatic heterocycles. The first-order valence-corrected chi connectivity index (χ1v) is 14.3. The van der Waals surface area contributed by atoms with Gasteiger partial charge in [0.1, 0.15) is 17.9 Å². The molecule has 2 N–H and O–H groups in total. The van der Waals surface area contributed by atoms with Gasteiger partial charge in [-0.1, -0.05) is 11.6 Å². The van der Waals surface area contributed by atoms with Crippen molar-refractivity contribution in [2.45, 2.75) is 50.4 Å². The van der Waals surface area contributed by atoms with Crippen LogP contribution in [0.5, 0.6) is 0 Å². The Balaban J connectivity index is 1.51. The zero-order chi connectivity index (χ0) is 32.9. The lowest BCUT2D eigenvalue weighted by Crippen LogP contribution is -2.50. The van der Waals surface area contributed by atoms with Gasteiger partial charge in [0, 0.05) is 15.8 Å². The number of rotatable bonds is 8. The molecule has 2 amide bonds. The van der Waals surface area contributed by atoms with Gasteiger partial charge in [-0.2, -0.15) is 46.4 Å². The number of halogens is 9. The Bertz CT molecular complexity index is 1770. The van der Waals surface area contributed by atoms with E-state index in [1.54, 1.807) is 19.1 Å². The maximum atomic E-state index is 14.5. The first kappa shape index (κ1) is 32.6. The van der Waals surface area contributed by atoms with Crippen LogP contribution in [0.4, 0.5) is 36.4 Å². The summed E-state index contributed by atoms with van der Waals surface area (Å²) in [5, 5.41) is 16.2. The zero-order valence-electron chi connectivity index (χ0n) is 22.6. The van der Waals surface area contributed by atoms with Crippen LogP contribution in [0.3, 0.4) is 0 Å². The fraction of sp³-hybridized carbons (Fsp3) is 0.308. The minimum absolute atomic E-state index is 0.00891. The fourth-order valence-electron chi connectivity index (χ4n) is 4.25. The summed E-state index contributed by atoms with van der Waals surface area (Å²) in [6, 6.07) is 7.43. The predicted molar refractivity (Wildman–Crippen MR) is 153 cm³/mol. The molecule has 1 aliphatic rings. The van der Waals surface area contributed by atoms with Gasteiger partial charge >= 0.3 is 18.0 Å². The molecule has 3 heterocycles. The van der Waals surface area contributed by atoms with E-state index in [4.69, 9.17) is 11.6 Å². The van der Waals surface area contributed by atoms with Crippen molar-refractivity contribution in [2.24, 2.45) is 0 Å². The highest BCUT2D eigenvalue weighted by Gasteiger charge is 2.75. The molecule has 0 spiro atoms. The van der Waals surface area contributed by atoms with E-state index in [1.165, 1.54) is 18.3 Å². The van der Waals surface area contributed by atoms with Gasteiger partial charge in [-0.15, -0.1) is 0 Å². The number of nitrogens with zero attached hydrogens (tertiary/aromatic N) is 6. The molecule has 10 nitrogen and oxygen atoms in total. The molecule has 1 fully saturated rings. The van der Waals surface area contributed by atoms with E-state index in [2.05, 4.69) is 30.9 Å². The summed E-state index contributed by atoms with van der Waals surface area (Å²) < 4.78 is 95.3. The Morgan fingerprint density at radius 1 is 1.04 bits per heavy atom. The van der Waals surface area contributed by atoms with Gasteiger partial charge in [0.05, 0.1) is 28.2 Å². The van der Waals surface area contributed by atoms with Gasteiger partial charge in [0.2, 0.25) is 0 Å². The Kier molecular flexibility index (Phi) is 8.58. The smallest absolute Gasteiger partial charge is 0.349 e. The second-order valence-electron chi connectivity index (χ2n) is 10.0. The SMILES string of the molecule is Cc1cc(I)cc(C(=O)NC2CC2)c1NC(=O)c1cc(Cn2ncc(C(F)(C(F)(F)F)C(F)(F)F)n2)nn1-c1ncccc1Cl. The maximum Gasteiger partial charge on any atom is 0.437 e.